The zero-order chi connectivity index (χ0) is 20.9. The van der Waals surface area contributed by atoms with Crippen molar-refractivity contribution in [3.05, 3.63) is 65.5 Å². The Kier molecular flexibility index (Phi) is 6.34. The van der Waals surface area contributed by atoms with Gasteiger partial charge in [-0.25, -0.2) is 9.40 Å². The monoisotopic (exact) mass is 423 g/mol. The quantitative estimate of drug-likeness (QED) is 0.659. The third kappa shape index (κ3) is 4.34. The molecule has 0 N–H and O–H groups in total. The molecule has 154 valence electrons. The Hall–Kier alpha value is -2.85. The molecular formula is C23H22FN3O2S. The second kappa shape index (κ2) is 9.31. The highest BCUT2D eigenvalue weighted by atomic mass is 32.2. The minimum atomic E-state index is -0.394. The number of para-hydroxylation sites is 1. The topological polar surface area (TPSA) is 65.7 Å². The van der Waals surface area contributed by atoms with E-state index in [-0.39, 0.29) is 24.2 Å². The van der Waals surface area contributed by atoms with Crippen LogP contribution in [-0.2, 0) is 4.79 Å². The third-order valence-electron chi connectivity index (χ3n) is 5.39. The molecular weight excluding hydrogens is 401 g/mol. The van der Waals surface area contributed by atoms with Crippen LogP contribution in [-0.4, -0.2) is 22.6 Å². The van der Waals surface area contributed by atoms with E-state index in [9.17, 15) is 9.18 Å². The second-order valence-corrected chi connectivity index (χ2v) is 8.45. The van der Waals surface area contributed by atoms with Gasteiger partial charge in [0.15, 0.2) is 6.61 Å². The Morgan fingerprint density at radius 3 is 2.63 bits per heavy atom. The van der Waals surface area contributed by atoms with Gasteiger partial charge in [-0.2, -0.15) is 10.4 Å². The minimum Gasteiger partial charge on any atom is -0.478 e. The summed E-state index contributed by atoms with van der Waals surface area (Å²) in [7, 11) is 0. The number of benzene rings is 2. The first kappa shape index (κ1) is 20.4. The number of hydrogen-bond acceptors (Lipinski definition) is 5. The van der Waals surface area contributed by atoms with E-state index in [1.165, 1.54) is 23.9 Å². The van der Waals surface area contributed by atoms with Gasteiger partial charge in [0.1, 0.15) is 28.1 Å². The molecule has 2 aromatic rings. The van der Waals surface area contributed by atoms with E-state index in [1.807, 2.05) is 24.3 Å². The van der Waals surface area contributed by atoms with Crippen molar-refractivity contribution in [1.29, 1.82) is 5.26 Å². The summed E-state index contributed by atoms with van der Waals surface area (Å²) in [5, 5.41) is 15.4. The number of thioether (sulfide) groups is 1. The number of carbonyl (C=O) groups excluding carboxylic acids is 1. The van der Waals surface area contributed by atoms with Crippen LogP contribution in [0.2, 0.25) is 0 Å². The Morgan fingerprint density at radius 1 is 1.17 bits per heavy atom. The molecule has 1 atom stereocenters. The summed E-state index contributed by atoms with van der Waals surface area (Å²) in [5.74, 6) is 0.225. The van der Waals surface area contributed by atoms with Crippen LogP contribution in [0.5, 0.6) is 5.75 Å². The lowest BCUT2D eigenvalue weighted by Gasteiger charge is -2.28. The van der Waals surface area contributed by atoms with Crippen molar-refractivity contribution in [3.63, 3.8) is 0 Å². The first-order valence-electron chi connectivity index (χ1n) is 10.1. The van der Waals surface area contributed by atoms with Crippen molar-refractivity contribution in [2.45, 2.75) is 37.5 Å². The van der Waals surface area contributed by atoms with Gasteiger partial charge in [0, 0.05) is 17.0 Å². The molecule has 1 heterocycles. The second-order valence-electron chi connectivity index (χ2n) is 7.38. The highest BCUT2D eigenvalue weighted by Crippen LogP contribution is 2.45. The average molecular weight is 424 g/mol. The summed E-state index contributed by atoms with van der Waals surface area (Å²) in [5.41, 5.74) is 1.56. The molecule has 0 bridgehead atoms. The molecule has 0 aromatic heterocycles. The number of nitrogens with zero attached hydrogens (tertiary/aromatic N) is 3. The lowest BCUT2D eigenvalue weighted by Crippen LogP contribution is -2.33. The number of halogens is 1. The molecule has 1 fully saturated rings. The van der Waals surface area contributed by atoms with Gasteiger partial charge < -0.3 is 4.74 Å². The maximum atomic E-state index is 13.4. The van der Waals surface area contributed by atoms with E-state index in [0.717, 1.165) is 43.2 Å². The number of rotatable bonds is 5. The Bertz CT molecular complexity index is 981. The van der Waals surface area contributed by atoms with Crippen LogP contribution < -0.4 is 4.74 Å². The molecule has 1 unspecified atom stereocenters. The van der Waals surface area contributed by atoms with Gasteiger partial charge in [0.05, 0.1) is 0 Å². The number of carbonyl (C=O) groups is 1. The van der Waals surface area contributed by atoms with Gasteiger partial charge in [-0.1, -0.05) is 49.2 Å². The number of amides is 1. The van der Waals surface area contributed by atoms with E-state index in [2.05, 4.69) is 5.10 Å². The first-order valence-corrected chi connectivity index (χ1v) is 11.0. The van der Waals surface area contributed by atoms with Crippen LogP contribution in [0.3, 0.4) is 0 Å². The largest absolute Gasteiger partial charge is 0.478 e. The highest BCUT2D eigenvalue weighted by Gasteiger charge is 2.38. The SMILES string of the molecule is N#CCOc1ccccc1C1SC(c2ccc(F)cc2)=NN1C(=O)C1CCCCC1. The summed E-state index contributed by atoms with van der Waals surface area (Å²) >= 11 is 1.44. The standard InChI is InChI=1S/C23H22FN3O2S/c24-18-12-10-16(11-13-18)21-26-27(22(28)17-6-2-1-3-7-17)23(30-21)19-8-4-5-9-20(19)29-15-14-25/h4-5,8-13,17,23H,1-3,6-7,15H2. The summed E-state index contributed by atoms with van der Waals surface area (Å²) < 4.78 is 19.0. The van der Waals surface area contributed by atoms with Crippen LogP contribution in [0.4, 0.5) is 4.39 Å². The number of hydrazone groups is 1. The zero-order valence-corrected chi connectivity index (χ0v) is 17.3. The minimum absolute atomic E-state index is 0.0133. The van der Waals surface area contributed by atoms with Gasteiger partial charge in [-0.3, -0.25) is 4.79 Å². The van der Waals surface area contributed by atoms with Crippen molar-refractivity contribution in [2.24, 2.45) is 11.0 Å². The zero-order valence-electron chi connectivity index (χ0n) is 16.5. The average Bonchev–Trinajstić information content (AvgIpc) is 3.23. The van der Waals surface area contributed by atoms with Gasteiger partial charge >= 0.3 is 0 Å². The maximum Gasteiger partial charge on any atom is 0.247 e. The molecule has 4 rings (SSSR count). The van der Waals surface area contributed by atoms with Crippen molar-refractivity contribution in [1.82, 2.24) is 5.01 Å². The normalized spacial score (nSPS) is 19.3. The predicted molar refractivity (Wildman–Crippen MR) is 114 cm³/mol. The Morgan fingerprint density at radius 2 is 1.90 bits per heavy atom. The van der Waals surface area contributed by atoms with Crippen LogP contribution >= 0.6 is 11.8 Å². The van der Waals surface area contributed by atoms with E-state index in [0.29, 0.717) is 10.8 Å². The molecule has 30 heavy (non-hydrogen) atoms. The third-order valence-corrected chi connectivity index (χ3v) is 6.61. The molecule has 1 saturated carbocycles. The van der Waals surface area contributed by atoms with E-state index in [4.69, 9.17) is 10.00 Å². The van der Waals surface area contributed by atoms with Gasteiger partial charge in [0.2, 0.25) is 5.91 Å². The summed E-state index contributed by atoms with van der Waals surface area (Å²) in [6.45, 7) is -0.0728. The molecule has 0 radical (unpaired) electrons. The lowest BCUT2D eigenvalue weighted by molar-refractivity contribution is -0.137. The molecule has 7 heteroatoms. The smallest absolute Gasteiger partial charge is 0.247 e. The lowest BCUT2D eigenvalue weighted by atomic mass is 9.88. The van der Waals surface area contributed by atoms with Crippen molar-refractivity contribution < 1.29 is 13.9 Å². The fraction of sp³-hybridized carbons (Fsp3) is 0.348. The number of nitriles is 1. The first-order chi connectivity index (χ1) is 14.7. The van der Waals surface area contributed by atoms with E-state index in [1.54, 1.807) is 23.2 Å². The van der Waals surface area contributed by atoms with Gasteiger partial charge in [0.25, 0.3) is 0 Å². The van der Waals surface area contributed by atoms with Crippen molar-refractivity contribution >= 4 is 22.7 Å². The van der Waals surface area contributed by atoms with Crippen molar-refractivity contribution in [2.75, 3.05) is 6.61 Å². The maximum absolute atomic E-state index is 13.4. The molecule has 1 aliphatic carbocycles. The fourth-order valence-electron chi connectivity index (χ4n) is 3.87. The van der Waals surface area contributed by atoms with Crippen LogP contribution in [0, 0.1) is 23.1 Å². The van der Waals surface area contributed by atoms with Crippen LogP contribution in [0.1, 0.15) is 48.6 Å². The summed E-state index contributed by atoms with van der Waals surface area (Å²) in [6, 6.07) is 15.5. The highest BCUT2D eigenvalue weighted by molar-refractivity contribution is 8.14. The van der Waals surface area contributed by atoms with Crippen molar-refractivity contribution in [3.8, 4) is 11.8 Å². The Labute approximate surface area is 179 Å². The summed E-state index contributed by atoms with van der Waals surface area (Å²) in [6.07, 6.45) is 5.02. The molecule has 1 amide bonds. The van der Waals surface area contributed by atoms with Crippen LogP contribution in [0.25, 0.3) is 0 Å². The molecule has 0 spiro atoms. The Balaban J connectivity index is 1.68. The molecule has 0 saturated heterocycles. The number of ether oxygens (including phenoxy) is 1. The number of hydrogen-bond donors (Lipinski definition) is 0. The molecule has 2 aliphatic rings. The molecule has 5 nitrogen and oxygen atoms in total. The fourth-order valence-corrected chi connectivity index (χ4v) is 5.06. The van der Waals surface area contributed by atoms with Gasteiger partial charge in [-0.15, -0.1) is 0 Å². The van der Waals surface area contributed by atoms with E-state index < -0.39 is 5.37 Å². The van der Waals surface area contributed by atoms with E-state index >= 15 is 0 Å². The predicted octanol–water partition coefficient (Wildman–Crippen LogP) is 5.24. The van der Waals surface area contributed by atoms with Crippen LogP contribution in [0.15, 0.2) is 53.6 Å². The molecule has 1 aliphatic heterocycles. The molecule has 2 aromatic carbocycles. The van der Waals surface area contributed by atoms with Gasteiger partial charge in [-0.05, 0) is 43.2 Å². The summed E-state index contributed by atoms with van der Waals surface area (Å²) in [4.78, 5) is 13.4.